The number of carboxylic acid groups (broad SMARTS) is 1. The third-order valence-corrected chi connectivity index (χ3v) is 7.75. The van der Waals surface area contributed by atoms with Crippen LogP contribution < -0.4 is 0 Å². The van der Waals surface area contributed by atoms with Gasteiger partial charge in [0.2, 0.25) is 0 Å². The number of aliphatic carboxylic acids is 1. The standard InChI is InChI=1S/C27H39F4NO2/c1-19(2)12-15-32(18-26(28)13-4-3-5-14-26)24-11-6-20(17-25(33)34)16-23(24)21-7-9-22(10-8-21)27(29,30)31/h7-10,19-20,23-24H,3-6,11-18H2,1-2H3,(H,33,34)/t20-,23+,24-/m1/s1. The number of rotatable bonds is 9. The maximum Gasteiger partial charge on any atom is 0.416 e. The molecular formula is C27H39F4NO2. The number of nitrogens with zero attached hydrogens (tertiary/aromatic N) is 1. The lowest BCUT2D eigenvalue weighted by Gasteiger charge is -2.46. The van der Waals surface area contributed by atoms with Crippen LogP contribution in [-0.2, 0) is 11.0 Å². The van der Waals surface area contributed by atoms with Gasteiger partial charge in [0.05, 0.1) is 5.56 Å². The van der Waals surface area contributed by atoms with Gasteiger partial charge in [0.25, 0.3) is 0 Å². The van der Waals surface area contributed by atoms with E-state index in [4.69, 9.17) is 0 Å². The zero-order valence-electron chi connectivity index (χ0n) is 20.4. The first-order chi connectivity index (χ1) is 16.0. The molecule has 1 aromatic rings. The molecule has 0 aliphatic heterocycles. The van der Waals surface area contributed by atoms with Crippen molar-refractivity contribution in [2.75, 3.05) is 13.1 Å². The van der Waals surface area contributed by atoms with Gasteiger partial charge < -0.3 is 5.11 Å². The SMILES string of the molecule is CC(C)CCN(CC1(F)CCCCC1)[C@@H]1CC[C@@H](CC(=O)O)C[C@H]1c1ccc(C(F)(F)F)cc1. The molecular weight excluding hydrogens is 446 g/mol. The van der Waals surface area contributed by atoms with E-state index in [2.05, 4.69) is 18.7 Å². The monoisotopic (exact) mass is 485 g/mol. The predicted molar refractivity (Wildman–Crippen MR) is 126 cm³/mol. The number of carboxylic acids is 1. The van der Waals surface area contributed by atoms with Crippen LogP contribution in [0.25, 0.3) is 0 Å². The van der Waals surface area contributed by atoms with E-state index in [-0.39, 0.29) is 24.3 Å². The van der Waals surface area contributed by atoms with Gasteiger partial charge in [0.1, 0.15) is 5.67 Å². The van der Waals surface area contributed by atoms with Crippen LogP contribution in [0.4, 0.5) is 17.6 Å². The van der Waals surface area contributed by atoms with Gasteiger partial charge in [-0.1, -0.05) is 45.2 Å². The fraction of sp³-hybridized carbons (Fsp3) is 0.741. The van der Waals surface area contributed by atoms with Gasteiger partial charge in [-0.15, -0.1) is 0 Å². The average molecular weight is 486 g/mol. The second-order valence-electron chi connectivity index (χ2n) is 10.9. The van der Waals surface area contributed by atoms with Crippen molar-refractivity contribution in [2.45, 2.75) is 102 Å². The van der Waals surface area contributed by atoms with Gasteiger partial charge in [-0.25, -0.2) is 4.39 Å². The van der Waals surface area contributed by atoms with Crippen molar-refractivity contribution in [2.24, 2.45) is 11.8 Å². The molecule has 3 nitrogen and oxygen atoms in total. The quantitative estimate of drug-likeness (QED) is 0.369. The van der Waals surface area contributed by atoms with Gasteiger partial charge >= 0.3 is 12.1 Å². The molecule has 2 aliphatic carbocycles. The van der Waals surface area contributed by atoms with Gasteiger partial charge in [0, 0.05) is 19.0 Å². The van der Waals surface area contributed by atoms with Crippen LogP contribution in [0.3, 0.4) is 0 Å². The summed E-state index contributed by atoms with van der Waals surface area (Å²) in [6.45, 7) is 5.38. The molecule has 0 aromatic heterocycles. The zero-order chi connectivity index (χ0) is 24.9. The van der Waals surface area contributed by atoms with E-state index in [0.717, 1.165) is 62.8 Å². The molecule has 7 heteroatoms. The summed E-state index contributed by atoms with van der Waals surface area (Å²) in [6, 6.07) is 5.30. The molecule has 3 atom stereocenters. The van der Waals surface area contributed by atoms with Crippen LogP contribution in [-0.4, -0.2) is 40.8 Å². The molecule has 2 aliphatic rings. The van der Waals surface area contributed by atoms with Gasteiger partial charge in [0.15, 0.2) is 0 Å². The van der Waals surface area contributed by atoms with Crippen LogP contribution in [0.2, 0.25) is 0 Å². The van der Waals surface area contributed by atoms with Crippen molar-refractivity contribution in [3.8, 4) is 0 Å². The van der Waals surface area contributed by atoms with Crippen LogP contribution in [0.5, 0.6) is 0 Å². The minimum Gasteiger partial charge on any atom is -0.481 e. The van der Waals surface area contributed by atoms with Crippen LogP contribution in [0, 0.1) is 11.8 Å². The second-order valence-corrected chi connectivity index (χ2v) is 10.9. The molecule has 0 heterocycles. The van der Waals surface area contributed by atoms with Gasteiger partial charge in [-0.3, -0.25) is 9.69 Å². The van der Waals surface area contributed by atoms with E-state index >= 15 is 4.39 Å². The van der Waals surface area contributed by atoms with Crippen molar-refractivity contribution in [3.05, 3.63) is 35.4 Å². The zero-order valence-corrected chi connectivity index (χ0v) is 20.4. The predicted octanol–water partition coefficient (Wildman–Crippen LogP) is 7.45. The Morgan fingerprint density at radius 1 is 1.12 bits per heavy atom. The van der Waals surface area contributed by atoms with Crippen molar-refractivity contribution in [3.63, 3.8) is 0 Å². The smallest absolute Gasteiger partial charge is 0.416 e. The van der Waals surface area contributed by atoms with Crippen LogP contribution in [0.15, 0.2) is 24.3 Å². The highest BCUT2D eigenvalue weighted by atomic mass is 19.4. The van der Waals surface area contributed by atoms with E-state index in [9.17, 15) is 23.1 Å². The van der Waals surface area contributed by atoms with Crippen molar-refractivity contribution in [1.29, 1.82) is 0 Å². The number of hydrogen-bond acceptors (Lipinski definition) is 2. The molecule has 3 rings (SSSR count). The highest BCUT2D eigenvalue weighted by molar-refractivity contribution is 5.67. The highest BCUT2D eigenvalue weighted by Gasteiger charge is 2.41. The largest absolute Gasteiger partial charge is 0.481 e. The maximum atomic E-state index is 15.8. The summed E-state index contributed by atoms with van der Waals surface area (Å²) in [5, 5.41) is 9.33. The van der Waals surface area contributed by atoms with Crippen molar-refractivity contribution in [1.82, 2.24) is 4.90 Å². The number of halogens is 4. The Hall–Kier alpha value is -1.63. The first-order valence-electron chi connectivity index (χ1n) is 12.8. The molecule has 192 valence electrons. The lowest BCUT2D eigenvalue weighted by atomic mass is 9.72. The summed E-state index contributed by atoms with van der Waals surface area (Å²) in [5.41, 5.74) is -1.12. The first kappa shape index (κ1) is 27.0. The highest BCUT2D eigenvalue weighted by Crippen LogP contribution is 2.43. The number of carbonyl (C=O) groups is 1. The van der Waals surface area contributed by atoms with Crippen LogP contribution in [0.1, 0.15) is 95.1 Å². The van der Waals surface area contributed by atoms with E-state index in [1.807, 2.05) is 0 Å². The van der Waals surface area contributed by atoms with E-state index in [0.29, 0.717) is 31.7 Å². The molecule has 2 fully saturated rings. The molecule has 0 unspecified atom stereocenters. The molecule has 0 amide bonds. The first-order valence-corrected chi connectivity index (χ1v) is 12.8. The molecule has 0 bridgehead atoms. The van der Waals surface area contributed by atoms with E-state index < -0.39 is 23.4 Å². The summed E-state index contributed by atoms with van der Waals surface area (Å²) in [4.78, 5) is 13.6. The number of alkyl halides is 4. The Balaban J connectivity index is 1.89. The minimum absolute atomic E-state index is 0.00455. The van der Waals surface area contributed by atoms with Crippen molar-refractivity contribution >= 4 is 5.97 Å². The van der Waals surface area contributed by atoms with Crippen molar-refractivity contribution < 1.29 is 27.5 Å². The second kappa shape index (κ2) is 11.4. The molecule has 0 spiro atoms. The summed E-state index contributed by atoms with van der Waals surface area (Å²) < 4.78 is 55.2. The molecule has 34 heavy (non-hydrogen) atoms. The Morgan fingerprint density at radius 3 is 2.32 bits per heavy atom. The molecule has 0 saturated heterocycles. The fourth-order valence-corrected chi connectivity index (χ4v) is 5.88. The Labute approximate surface area is 200 Å². The third kappa shape index (κ3) is 7.43. The number of benzene rings is 1. The lowest BCUT2D eigenvalue weighted by Crippen LogP contribution is -2.50. The molecule has 1 aromatic carbocycles. The van der Waals surface area contributed by atoms with Crippen LogP contribution >= 0.6 is 0 Å². The fourth-order valence-electron chi connectivity index (χ4n) is 5.88. The summed E-state index contributed by atoms with van der Waals surface area (Å²) in [7, 11) is 0. The van der Waals surface area contributed by atoms with E-state index in [1.165, 1.54) is 12.1 Å². The Morgan fingerprint density at radius 2 is 1.76 bits per heavy atom. The molecule has 0 radical (unpaired) electrons. The topological polar surface area (TPSA) is 40.5 Å². The van der Waals surface area contributed by atoms with Gasteiger partial charge in [-0.2, -0.15) is 13.2 Å². The Kier molecular flexibility index (Phi) is 9.04. The van der Waals surface area contributed by atoms with Gasteiger partial charge in [-0.05, 0) is 80.5 Å². The third-order valence-electron chi connectivity index (χ3n) is 7.75. The normalized spacial score (nSPS) is 25.6. The minimum atomic E-state index is -4.40. The van der Waals surface area contributed by atoms with E-state index in [1.54, 1.807) is 0 Å². The summed E-state index contributed by atoms with van der Waals surface area (Å²) in [5.74, 6) is -0.532. The Bertz CT molecular complexity index is 787. The molecule has 1 N–H and O–H groups in total. The summed E-state index contributed by atoms with van der Waals surface area (Å²) in [6.07, 6.45) is 2.61. The lowest BCUT2D eigenvalue weighted by molar-refractivity contribution is -0.139. The number of hydrogen-bond donors (Lipinski definition) is 1. The average Bonchev–Trinajstić information content (AvgIpc) is 2.76. The summed E-state index contributed by atoms with van der Waals surface area (Å²) >= 11 is 0. The maximum absolute atomic E-state index is 15.8. The molecule has 2 saturated carbocycles.